The standard InChI is InChI=1S/C28H27FN4O3S/c1-18-2-6-23(7-3-18)37(34,35)33-26-10-11-31(16-25(26)24-8-4-19(29)12-27(24)33)20-5-9-28(30-14-20)32-15-22-13-21(32)17-36-22/h2-9,12,14,21-22H,10-11,13,15-17H2,1H3/t21-,22-/m0/s1. The number of halogens is 1. The number of fused-ring (bicyclic) bond motifs is 5. The maximum absolute atomic E-state index is 14.3. The Morgan fingerprint density at radius 2 is 1.92 bits per heavy atom. The molecule has 3 aliphatic heterocycles. The van der Waals surface area contributed by atoms with Crippen LogP contribution >= 0.6 is 0 Å². The summed E-state index contributed by atoms with van der Waals surface area (Å²) in [4.78, 5) is 9.49. The first-order valence-corrected chi connectivity index (χ1v) is 14.1. The normalized spacial score (nSPS) is 21.1. The molecule has 2 atom stereocenters. The van der Waals surface area contributed by atoms with Crippen LogP contribution in [0, 0.1) is 12.7 Å². The Labute approximate surface area is 215 Å². The first-order valence-electron chi connectivity index (χ1n) is 12.6. The smallest absolute Gasteiger partial charge is 0.268 e. The molecule has 0 radical (unpaired) electrons. The lowest BCUT2D eigenvalue weighted by atomic mass is 10.0. The van der Waals surface area contributed by atoms with Crippen molar-refractivity contribution in [3.63, 3.8) is 0 Å². The third kappa shape index (κ3) is 3.63. The minimum atomic E-state index is -3.90. The molecule has 4 aromatic rings. The number of morpholine rings is 1. The number of rotatable bonds is 4. The summed E-state index contributed by atoms with van der Waals surface area (Å²) >= 11 is 0. The topological polar surface area (TPSA) is 67.7 Å². The van der Waals surface area contributed by atoms with Crippen LogP contribution in [-0.2, 0) is 27.7 Å². The minimum absolute atomic E-state index is 0.199. The van der Waals surface area contributed by atoms with Gasteiger partial charge >= 0.3 is 0 Å². The SMILES string of the molecule is Cc1ccc(S(=O)(=O)n2c3c(c4ccc(F)cc42)CN(c2ccc(N4C[C@@H]5C[C@H]4CO5)nc2)CC3)cc1. The van der Waals surface area contributed by atoms with Gasteiger partial charge in [-0.3, -0.25) is 0 Å². The quantitative estimate of drug-likeness (QED) is 0.402. The van der Waals surface area contributed by atoms with E-state index in [4.69, 9.17) is 9.72 Å². The predicted octanol–water partition coefficient (Wildman–Crippen LogP) is 4.26. The first kappa shape index (κ1) is 22.7. The van der Waals surface area contributed by atoms with Crippen LogP contribution < -0.4 is 9.80 Å². The Hall–Kier alpha value is -3.43. The number of aromatic nitrogens is 2. The number of hydrogen-bond acceptors (Lipinski definition) is 6. The zero-order valence-electron chi connectivity index (χ0n) is 20.5. The molecule has 2 aromatic heterocycles. The van der Waals surface area contributed by atoms with Crippen LogP contribution in [0.15, 0.2) is 65.7 Å². The van der Waals surface area contributed by atoms with Gasteiger partial charge in [0.1, 0.15) is 11.6 Å². The minimum Gasteiger partial charge on any atom is -0.374 e. The Kier molecular flexibility index (Phi) is 5.10. The molecule has 5 heterocycles. The summed E-state index contributed by atoms with van der Waals surface area (Å²) in [5, 5.41) is 0.759. The Morgan fingerprint density at radius 3 is 2.62 bits per heavy atom. The van der Waals surface area contributed by atoms with Gasteiger partial charge < -0.3 is 14.5 Å². The highest BCUT2D eigenvalue weighted by atomic mass is 32.2. The number of benzene rings is 2. The zero-order valence-corrected chi connectivity index (χ0v) is 21.3. The number of ether oxygens (including phenoxy) is 1. The average molecular weight is 519 g/mol. The molecule has 0 unspecified atom stereocenters. The zero-order chi connectivity index (χ0) is 25.3. The van der Waals surface area contributed by atoms with Crippen LogP contribution in [0.5, 0.6) is 0 Å². The van der Waals surface area contributed by atoms with Crippen molar-refractivity contribution in [3.05, 3.63) is 83.4 Å². The van der Waals surface area contributed by atoms with Gasteiger partial charge in [-0.2, -0.15) is 0 Å². The van der Waals surface area contributed by atoms with E-state index in [9.17, 15) is 12.8 Å². The predicted molar refractivity (Wildman–Crippen MR) is 140 cm³/mol. The number of hydrogen-bond donors (Lipinski definition) is 0. The van der Waals surface area contributed by atoms with Crippen LogP contribution in [0.3, 0.4) is 0 Å². The van der Waals surface area contributed by atoms with Crippen molar-refractivity contribution in [3.8, 4) is 0 Å². The molecule has 9 heteroatoms. The molecule has 2 bridgehead atoms. The lowest BCUT2D eigenvalue weighted by Gasteiger charge is -2.31. The van der Waals surface area contributed by atoms with Gasteiger partial charge in [0.25, 0.3) is 10.0 Å². The van der Waals surface area contributed by atoms with Crippen molar-refractivity contribution in [2.24, 2.45) is 0 Å². The molecule has 0 amide bonds. The number of nitrogens with zero attached hydrogens (tertiary/aromatic N) is 4. The van der Waals surface area contributed by atoms with Crippen molar-refractivity contribution < 1.29 is 17.5 Å². The number of anilines is 2. The van der Waals surface area contributed by atoms with Crippen LogP contribution in [0.1, 0.15) is 23.2 Å². The van der Waals surface area contributed by atoms with Crippen LogP contribution in [0.4, 0.5) is 15.9 Å². The fraction of sp³-hybridized carbons (Fsp3) is 0.321. The molecule has 0 aliphatic carbocycles. The van der Waals surface area contributed by atoms with Crippen molar-refractivity contribution in [1.29, 1.82) is 0 Å². The van der Waals surface area contributed by atoms with Gasteiger partial charge in [0, 0.05) is 42.7 Å². The Balaban J connectivity index is 1.25. The molecular weight excluding hydrogens is 491 g/mol. The molecule has 190 valence electrons. The fourth-order valence-corrected chi connectivity index (χ4v) is 7.61. The maximum Gasteiger partial charge on any atom is 0.268 e. The first-order chi connectivity index (χ1) is 17.9. The highest BCUT2D eigenvalue weighted by Gasteiger charge is 2.39. The van der Waals surface area contributed by atoms with E-state index in [0.717, 1.165) is 53.3 Å². The summed E-state index contributed by atoms with van der Waals surface area (Å²) in [6, 6.07) is 15.8. The largest absolute Gasteiger partial charge is 0.374 e. The monoisotopic (exact) mass is 518 g/mol. The van der Waals surface area contributed by atoms with Gasteiger partial charge in [-0.25, -0.2) is 21.8 Å². The molecule has 7 rings (SSSR count). The van der Waals surface area contributed by atoms with Crippen LogP contribution in [0.2, 0.25) is 0 Å². The molecule has 37 heavy (non-hydrogen) atoms. The molecule has 0 N–H and O–H groups in total. The van der Waals surface area contributed by atoms with Gasteiger partial charge in [-0.1, -0.05) is 17.7 Å². The summed E-state index contributed by atoms with van der Waals surface area (Å²) in [5.41, 5.74) is 3.97. The maximum atomic E-state index is 14.3. The summed E-state index contributed by atoms with van der Waals surface area (Å²) in [5.74, 6) is 0.508. The third-order valence-corrected chi connectivity index (χ3v) is 9.68. The highest BCUT2D eigenvalue weighted by molar-refractivity contribution is 7.90. The van der Waals surface area contributed by atoms with E-state index >= 15 is 0 Å². The van der Waals surface area contributed by atoms with E-state index in [1.54, 1.807) is 30.3 Å². The average Bonchev–Trinajstić information content (AvgIpc) is 3.62. The van der Waals surface area contributed by atoms with Gasteiger partial charge in [0.15, 0.2) is 0 Å². The van der Waals surface area contributed by atoms with E-state index in [1.807, 2.05) is 13.1 Å². The van der Waals surface area contributed by atoms with E-state index in [-0.39, 0.29) is 4.90 Å². The second kappa shape index (κ2) is 8.29. The fourth-order valence-electron chi connectivity index (χ4n) is 6.02. The van der Waals surface area contributed by atoms with Crippen molar-refractivity contribution >= 4 is 32.4 Å². The summed E-state index contributed by atoms with van der Waals surface area (Å²) in [6.07, 6.45) is 3.79. The molecule has 2 aromatic carbocycles. The van der Waals surface area contributed by atoms with Crippen LogP contribution in [-0.4, -0.2) is 49.2 Å². The molecule has 7 nitrogen and oxygen atoms in total. The van der Waals surface area contributed by atoms with E-state index in [1.165, 1.54) is 16.1 Å². The van der Waals surface area contributed by atoms with Gasteiger partial charge in [0.2, 0.25) is 0 Å². The molecule has 2 saturated heterocycles. The summed E-state index contributed by atoms with van der Waals surface area (Å²) in [7, 11) is -3.90. The number of pyridine rings is 1. The van der Waals surface area contributed by atoms with E-state index in [0.29, 0.717) is 37.2 Å². The third-order valence-electron chi connectivity index (χ3n) is 7.92. The van der Waals surface area contributed by atoms with E-state index < -0.39 is 15.8 Å². The summed E-state index contributed by atoms with van der Waals surface area (Å²) < 4.78 is 49.0. The molecule has 0 saturated carbocycles. The van der Waals surface area contributed by atoms with Crippen molar-refractivity contribution in [1.82, 2.24) is 8.96 Å². The van der Waals surface area contributed by atoms with Crippen LogP contribution in [0.25, 0.3) is 10.9 Å². The van der Waals surface area contributed by atoms with Gasteiger partial charge in [-0.05, 0) is 55.8 Å². The van der Waals surface area contributed by atoms with Crippen molar-refractivity contribution in [2.75, 3.05) is 29.5 Å². The summed E-state index contributed by atoms with van der Waals surface area (Å²) in [6.45, 7) is 4.72. The molecular formula is C28H27FN4O3S. The second-order valence-electron chi connectivity index (χ2n) is 10.2. The highest BCUT2D eigenvalue weighted by Crippen LogP contribution is 2.37. The van der Waals surface area contributed by atoms with Gasteiger partial charge in [-0.15, -0.1) is 0 Å². The molecule has 0 spiro atoms. The van der Waals surface area contributed by atoms with E-state index in [2.05, 4.69) is 21.9 Å². The van der Waals surface area contributed by atoms with Gasteiger partial charge in [0.05, 0.1) is 41.0 Å². The lowest BCUT2D eigenvalue weighted by molar-refractivity contribution is 0.0989. The molecule has 2 fully saturated rings. The number of aryl methyl sites for hydroxylation is 1. The Bertz CT molecular complexity index is 1620. The lowest BCUT2D eigenvalue weighted by Crippen LogP contribution is -2.37. The van der Waals surface area contributed by atoms with Crippen molar-refractivity contribution in [2.45, 2.75) is 43.4 Å². The molecule has 3 aliphatic rings. The second-order valence-corrected chi connectivity index (χ2v) is 12.0. The Morgan fingerprint density at radius 1 is 1.08 bits per heavy atom.